The van der Waals surface area contributed by atoms with Crippen LogP contribution in [-0.2, 0) is 0 Å². The monoisotopic (exact) mass is 152 g/mol. The fourth-order valence-electron chi connectivity index (χ4n) is 1.07. The molecule has 11 heavy (non-hydrogen) atoms. The van der Waals surface area contributed by atoms with E-state index in [0.717, 1.165) is 13.0 Å². The van der Waals surface area contributed by atoms with E-state index < -0.39 is 0 Å². The number of nitriles is 1. The van der Waals surface area contributed by atoms with Crippen LogP contribution in [-0.4, -0.2) is 23.9 Å². The Hall–Kier alpha value is -1.24. The topological polar surface area (TPSA) is 65.4 Å². The van der Waals surface area contributed by atoms with E-state index in [2.05, 4.69) is 11.9 Å². The molecule has 0 aromatic heterocycles. The second-order valence-electron chi connectivity index (χ2n) is 2.84. The van der Waals surface area contributed by atoms with Crippen LogP contribution in [0.1, 0.15) is 13.3 Å². The molecule has 0 saturated carbocycles. The van der Waals surface area contributed by atoms with E-state index in [1.807, 2.05) is 6.19 Å². The minimum atomic E-state index is 0.358. The summed E-state index contributed by atoms with van der Waals surface area (Å²) in [4.78, 5) is 5.47. The van der Waals surface area contributed by atoms with Gasteiger partial charge in [-0.25, -0.2) is 4.90 Å². The van der Waals surface area contributed by atoms with Crippen molar-refractivity contribution in [3.8, 4) is 6.19 Å². The highest BCUT2D eigenvalue weighted by molar-refractivity contribution is 5.79. The van der Waals surface area contributed by atoms with E-state index in [-0.39, 0.29) is 0 Å². The molecule has 0 bridgehead atoms. The Morgan fingerprint density at radius 1 is 1.82 bits per heavy atom. The van der Waals surface area contributed by atoms with Gasteiger partial charge in [-0.15, -0.1) is 0 Å². The van der Waals surface area contributed by atoms with Gasteiger partial charge in [-0.2, -0.15) is 5.26 Å². The molecule has 0 radical (unpaired) electrons. The van der Waals surface area contributed by atoms with E-state index in [4.69, 9.17) is 11.0 Å². The van der Waals surface area contributed by atoms with Crippen molar-refractivity contribution in [1.82, 2.24) is 4.90 Å². The van der Waals surface area contributed by atoms with Crippen LogP contribution in [0.15, 0.2) is 4.99 Å². The maximum absolute atomic E-state index is 8.62. The van der Waals surface area contributed by atoms with Crippen LogP contribution in [0.2, 0.25) is 0 Å². The van der Waals surface area contributed by atoms with Gasteiger partial charge in [0.15, 0.2) is 6.19 Å². The molecule has 0 amide bonds. The molecular formula is C7H12N4. The Bertz CT molecular complexity index is 203. The molecule has 0 aromatic carbocycles. The maximum atomic E-state index is 8.62. The average Bonchev–Trinajstić information content (AvgIpc) is 2.13. The highest BCUT2D eigenvalue weighted by atomic mass is 15.2. The number of nitrogens with two attached hydrogens (primary N) is 1. The lowest BCUT2D eigenvalue weighted by Crippen LogP contribution is -2.34. The summed E-state index contributed by atoms with van der Waals surface area (Å²) in [5.74, 6) is 0.858. The van der Waals surface area contributed by atoms with Gasteiger partial charge in [0, 0.05) is 13.1 Å². The largest absolute Gasteiger partial charge is 0.369 e. The Morgan fingerprint density at radius 3 is 3.18 bits per heavy atom. The minimum absolute atomic E-state index is 0.358. The van der Waals surface area contributed by atoms with Crippen molar-refractivity contribution in [1.29, 1.82) is 5.26 Å². The zero-order valence-electron chi connectivity index (χ0n) is 6.62. The predicted octanol–water partition coefficient (Wildman–Crippen LogP) is 0.124. The first kappa shape index (κ1) is 7.86. The standard InChI is InChI=1S/C7H12N4/c1-6-2-3-10-7(9)11(4-6)5-8/h6H,2-4H2,1H3,(H2,9,10). The van der Waals surface area contributed by atoms with Crippen molar-refractivity contribution in [3.63, 3.8) is 0 Å². The molecule has 60 valence electrons. The van der Waals surface area contributed by atoms with Crippen molar-refractivity contribution in [2.24, 2.45) is 16.6 Å². The summed E-state index contributed by atoms with van der Waals surface area (Å²) in [6.07, 6.45) is 3.01. The van der Waals surface area contributed by atoms with E-state index in [0.29, 0.717) is 18.4 Å². The molecule has 0 fully saturated rings. The highest BCUT2D eigenvalue weighted by Crippen LogP contribution is 2.07. The fraction of sp³-hybridized carbons (Fsp3) is 0.714. The van der Waals surface area contributed by atoms with E-state index >= 15 is 0 Å². The second-order valence-corrected chi connectivity index (χ2v) is 2.84. The van der Waals surface area contributed by atoms with Crippen molar-refractivity contribution in [2.75, 3.05) is 13.1 Å². The summed E-state index contributed by atoms with van der Waals surface area (Å²) in [6.45, 7) is 3.54. The first-order valence-corrected chi connectivity index (χ1v) is 3.71. The van der Waals surface area contributed by atoms with Crippen molar-refractivity contribution >= 4 is 5.96 Å². The predicted molar refractivity (Wildman–Crippen MR) is 42.6 cm³/mol. The Balaban J connectivity index is 2.67. The van der Waals surface area contributed by atoms with E-state index in [1.54, 1.807) is 0 Å². The first-order valence-electron chi connectivity index (χ1n) is 3.71. The van der Waals surface area contributed by atoms with E-state index in [9.17, 15) is 0 Å². The molecule has 0 saturated heterocycles. The summed E-state index contributed by atoms with van der Waals surface area (Å²) in [7, 11) is 0. The number of hydrogen-bond donors (Lipinski definition) is 1. The Labute approximate surface area is 66.3 Å². The van der Waals surface area contributed by atoms with Crippen LogP contribution >= 0.6 is 0 Å². The first-order chi connectivity index (χ1) is 5.24. The van der Waals surface area contributed by atoms with Crippen molar-refractivity contribution < 1.29 is 0 Å². The lowest BCUT2D eigenvalue weighted by Gasteiger charge is -2.14. The van der Waals surface area contributed by atoms with Crippen LogP contribution in [0.5, 0.6) is 0 Å². The number of guanidine groups is 1. The van der Waals surface area contributed by atoms with Gasteiger partial charge in [0.25, 0.3) is 0 Å². The number of aliphatic imine (C=N–C) groups is 1. The molecule has 1 aliphatic rings. The molecule has 1 heterocycles. The molecule has 1 atom stereocenters. The SMILES string of the molecule is CC1CCN=C(N)N(C#N)C1. The molecule has 0 spiro atoms. The highest BCUT2D eigenvalue weighted by Gasteiger charge is 2.14. The van der Waals surface area contributed by atoms with E-state index in [1.165, 1.54) is 4.90 Å². The van der Waals surface area contributed by atoms with Gasteiger partial charge in [-0.05, 0) is 12.3 Å². The van der Waals surface area contributed by atoms with Crippen LogP contribution in [0.3, 0.4) is 0 Å². The number of rotatable bonds is 0. The fourth-order valence-corrected chi connectivity index (χ4v) is 1.07. The third kappa shape index (κ3) is 1.84. The summed E-state index contributed by atoms with van der Waals surface area (Å²) < 4.78 is 0. The smallest absolute Gasteiger partial charge is 0.204 e. The Kier molecular flexibility index (Phi) is 2.32. The molecule has 1 unspecified atom stereocenters. The van der Waals surface area contributed by atoms with Gasteiger partial charge in [-0.1, -0.05) is 6.92 Å². The maximum Gasteiger partial charge on any atom is 0.204 e. The third-order valence-corrected chi connectivity index (χ3v) is 1.79. The van der Waals surface area contributed by atoms with Crippen molar-refractivity contribution in [2.45, 2.75) is 13.3 Å². The summed E-state index contributed by atoms with van der Waals surface area (Å²) in [6, 6.07) is 0. The third-order valence-electron chi connectivity index (χ3n) is 1.79. The summed E-state index contributed by atoms with van der Waals surface area (Å²) in [5.41, 5.74) is 5.51. The Morgan fingerprint density at radius 2 is 2.55 bits per heavy atom. The molecule has 4 nitrogen and oxygen atoms in total. The average molecular weight is 152 g/mol. The molecule has 0 aromatic rings. The van der Waals surface area contributed by atoms with Gasteiger partial charge in [0.1, 0.15) is 0 Å². The molecule has 2 N–H and O–H groups in total. The zero-order chi connectivity index (χ0) is 8.27. The molecule has 1 rings (SSSR count). The van der Waals surface area contributed by atoms with Gasteiger partial charge >= 0.3 is 0 Å². The minimum Gasteiger partial charge on any atom is -0.369 e. The van der Waals surface area contributed by atoms with Gasteiger partial charge < -0.3 is 5.73 Å². The second kappa shape index (κ2) is 3.24. The molecule has 4 heteroatoms. The summed E-state index contributed by atoms with van der Waals surface area (Å²) >= 11 is 0. The molecular weight excluding hydrogens is 140 g/mol. The van der Waals surface area contributed by atoms with Gasteiger partial charge in [0.2, 0.25) is 5.96 Å². The zero-order valence-corrected chi connectivity index (χ0v) is 6.62. The van der Waals surface area contributed by atoms with Gasteiger partial charge in [0.05, 0.1) is 0 Å². The lowest BCUT2D eigenvalue weighted by atomic mass is 10.1. The molecule has 1 aliphatic heterocycles. The van der Waals surface area contributed by atoms with Crippen LogP contribution in [0.25, 0.3) is 0 Å². The van der Waals surface area contributed by atoms with Crippen LogP contribution in [0.4, 0.5) is 0 Å². The lowest BCUT2D eigenvalue weighted by molar-refractivity contribution is 0.440. The van der Waals surface area contributed by atoms with Crippen LogP contribution < -0.4 is 5.73 Å². The van der Waals surface area contributed by atoms with Crippen LogP contribution in [0, 0.1) is 17.4 Å². The number of nitrogens with zero attached hydrogens (tertiary/aromatic N) is 3. The van der Waals surface area contributed by atoms with Gasteiger partial charge in [-0.3, -0.25) is 4.99 Å². The number of hydrogen-bond acceptors (Lipinski definition) is 4. The summed E-state index contributed by atoms with van der Waals surface area (Å²) in [5, 5.41) is 8.62. The normalized spacial score (nSPS) is 25.3. The molecule has 0 aliphatic carbocycles. The van der Waals surface area contributed by atoms with Crippen molar-refractivity contribution in [3.05, 3.63) is 0 Å². The quantitative estimate of drug-likeness (QED) is 0.501.